The van der Waals surface area contributed by atoms with E-state index in [2.05, 4.69) is 144 Å². The summed E-state index contributed by atoms with van der Waals surface area (Å²) < 4.78 is 90.9. The molecular weight excluding hydrogens is 1130 g/mol. The van der Waals surface area contributed by atoms with Gasteiger partial charge in [0.05, 0.1) is 0 Å². The van der Waals surface area contributed by atoms with Gasteiger partial charge >= 0.3 is 0 Å². The van der Waals surface area contributed by atoms with Gasteiger partial charge in [0.25, 0.3) is 0 Å². The second-order valence-electron chi connectivity index (χ2n) is 22.3. The Morgan fingerprint density at radius 3 is 1.86 bits per heavy atom. The number of pyridine rings is 1. The molecule has 0 radical (unpaired) electrons. The van der Waals surface area contributed by atoms with Gasteiger partial charge in [0.15, 0.2) is 0 Å². The van der Waals surface area contributed by atoms with E-state index in [1.54, 1.807) is 0 Å². The second kappa shape index (κ2) is 19.1. The molecule has 0 aliphatic carbocycles. The van der Waals surface area contributed by atoms with Crippen molar-refractivity contribution in [3.8, 4) is 39.6 Å². The molecule has 3 aromatic heterocycles. The summed E-state index contributed by atoms with van der Waals surface area (Å²) in [6.07, 6.45) is 1.86. The van der Waals surface area contributed by atoms with Gasteiger partial charge in [-0.25, -0.2) is 4.98 Å². The molecule has 388 valence electrons. The molecule has 0 saturated carbocycles. The Morgan fingerprint density at radius 2 is 1.10 bits per heavy atom. The largest absolute Gasteiger partial charge is 0.509 e. The van der Waals surface area contributed by atoms with Crippen LogP contribution in [0.2, 0.25) is 0 Å². The molecule has 1 aliphatic rings. The van der Waals surface area contributed by atoms with Crippen molar-refractivity contribution < 1.29 is 38.1 Å². The first-order valence-corrected chi connectivity index (χ1v) is 26.1. The molecule has 5 nitrogen and oxygen atoms in total. The number of para-hydroxylation sites is 3. The minimum Gasteiger partial charge on any atom is -0.509 e. The molecule has 0 bridgehead atoms. The quantitative estimate of drug-likeness (QED) is 0.156. The van der Waals surface area contributed by atoms with E-state index in [1.165, 1.54) is 12.1 Å². The van der Waals surface area contributed by atoms with Crippen molar-refractivity contribution in [2.24, 2.45) is 0 Å². The van der Waals surface area contributed by atoms with Crippen LogP contribution in [0, 0.1) is 18.8 Å². The van der Waals surface area contributed by atoms with Gasteiger partial charge in [0.1, 0.15) is 5.82 Å². The van der Waals surface area contributed by atoms with Crippen LogP contribution in [-0.2, 0) is 37.3 Å². The third-order valence-corrected chi connectivity index (χ3v) is 15.1. The van der Waals surface area contributed by atoms with Crippen LogP contribution < -0.4 is 9.64 Å². The van der Waals surface area contributed by atoms with E-state index in [1.807, 2.05) is 119 Å². The van der Waals surface area contributed by atoms with Gasteiger partial charge in [-0.05, 0) is 141 Å². The number of aromatic nitrogens is 3. The Hall–Kier alpha value is -8.11. The van der Waals surface area contributed by atoms with Gasteiger partial charge in [0, 0.05) is 62.3 Å². The molecule has 0 saturated heterocycles. The fraction of sp³-hybridized carbons (Fsp3) is 0.167. The van der Waals surface area contributed by atoms with Gasteiger partial charge < -0.3 is 18.8 Å². The molecule has 1 aliphatic heterocycles. The molecular formula is C72H61N4OPt-3. The summed E-state index contributed by atoms with van der Waals surface area (Å²) in [6, 6.07) is 71.7. The zero-order valence-corrected chi connectivity index (χ0v) is 46.4. The SMILES string of the molecule is [2H]C([2H])([2H])C(c1cc(-c2cccc3c4ccc(-c5ccccc5)cc4c4ccccc4c4cccc5c4n(c23)[CH-]N5c2[c-]c(Oc3[c-]c4c(cc3)c3ccccc3n4-c3cc(C(C)(C)C)ccn3)ccc2)cc(C(C)(C)C)c1)(C([2H])([2H])[2H])C([2H])([2H])[2H].[Pt]. The van der Waals surface area contributed by atoms with E-state index in [-0.39, 0.29) is 32.0 Å². The Labute approximate surface area is 485 Å². The summed E-state index contributed by atoms with van der Waals surface area (Å²) in [4.78, 5) is 6.95. The van der Waals surface area contributed by atoms with Crippen LogP contribution in [0.15, 0.2) is 200 Å². The fourth-order valence-corrected chi connectivity index (χ4v) is 11.2. The summed E-state index contributed by atoms with van der Waals surface area (Å²) >= 11 is 0. The van der Waals surface area contributed by atoms with Crippen LogP contribution in [0.25, 0.3) is 93.2 Å². The Bertz CT molecular complexity index is 4740. The smallest absolute Gasteiger partial charge is 0.135 e. The molecule has 6 heteroatoms. The number of benzene rings is 9. The molecule has 0 unspecified atom stereocenters. The molecule has 0 amide bonds. The van der Waals surface area contributed by atoms with Gasteiger partial charge in [-0.15, -0.1) is 35.7 Å². The van der Waals surface area contributed by atoms with Gasteiger partial charge in [-0.2, -0.15) is 12.1 Å². The molecule has 0 fully saturated rings. The minimum absolute atomic E-state index is 0. The van der Waals surface area contributed by atoms with Crippen molar-refractivity contribution in [3.05, 3.63) is 236 Å². The molecule has 0 N–H and O–H groups in total. The summed E-state index contributed by atoms with van der Waals surface area (Å²) in [7, 11) is 0. The number of hydrogen-bond donors (Lipinski definition) is 0. The molecule has 4 heterocycles. The predicted molar refractivity (Wildman–Crippen MR) is 324 cm³/mol. The predicted octanol–water partition coefficient (Wildman–Crippen LogP) is 19.5. The average Bonchev–Trinajstić information content (AvgIpc) is 1.16. The Morgan fingerprint density at radius 1 is 0.474 bits per heavy atom. The first-order valence-electron chi connectivity index (χ1n) is 30.6. The van der Waals surface area contributed by atoms with Gasteiger partial charge in [-0.1, -0.05) is 207 Å². The zero-order chi connectivity index (χ0) is 60.5. The van der Waals surface area contributed by atoms with Crippen LogP contribution >= 0.6 is 0 Å². The maximum absolute atomic E-state index is 8.87. The van der Waals surface area contributed by atoms with E-state index < -0.39 is 31.4 Å². The van der Waals surface area contributed by atoms with Crippen molar-refractivity contribution in [1.29, 1.82) is 0 Å². The molecule has 9 aromatic carbocycles. The van der Waals surface area contributed by atoms with E-state index >= 15 is 0 Å². The monoisotopic (exact) mass is 1200 g/mol. The van der Waals surface area contributed by atoms with Crippen molar-refractivity contribution in [2.75, 3.05) is 4.90 Å². The van der Waals surface area contributed by atoms with Crippen molar-refractivity contribution in [1.82, 2.24) is 14.1 Å². The first kappa shape index (κ1) is 41.0. The summed E-state index contributed by atoms with van der Waals surface area (Å²) in [5, 5.41) is 7.64. The van der Waals surface area contributed by atoms with E-state index in [0.717, 1.165) is 87.8 Å². The summed E-state index contributed by atoms with van der Waals surface area (Å²) in [5.74, 6) is 1.71. The zero-order valence-electron chi connectivity index (χ0n) is 53.1. The van der Waals surface area contributed by atoms with Crippen LogP contribution in [-0.4, -0.2) is 14.1 Å². The average molecular weight is 1200 g/mol. The summed E-state index contributed by atoms with van der Waals surface area (Å²) in [6.45, 7) is 3.96. The number of fused-ring (bicyclic) bond motifs is 10. The third-order valence-electron chi connectivity index (χ3n) is 15.1. The normalized spacial score (nSPS) is 14.8. The maximum atomic E-state index is 8.87. The minimum atomic E-state index is -3.49. The molecule has 78 heavy (non-hydrogen) atoms. The summed E-state index contributed by atoms with van der Waals surface area (Å²) in [5.41, 5.74) is 5.29. The van der Waals surface area contributed by atoms with Crippen molar-refractivity contribution >= 4 is 76.5 Å². The maximum Gasteiger partial charge on any atom is 0.135 e. The molecule has 12 aromatic rings. The van der Waals surface area contributed by atoms with Gasteiger partial charge in [-0.3, -0.25) is 0 Å². The van der Waals surface area contributed by atoms with Crippen molar-refractivity contribution in [2.45, 2.75) is 78.3 Å². The molecule has 0 spiro atoms. The number of ether oxygens (including phenoxy) is 1. The van der Waals surface area contributed by atoms with Crippen molar-refractivity contribution in [3.63, 3.8) is 0 Å². The van der Waals surface area contributed by atoms with E-state index in [4.69, 9.17) is 22.1 Å². The second-order valence-corrected chi connectivity index (χ2v) is 22.3. The number of rotatable bonds is 6. The molecule has 0 atom stereocenters. The number of nitrogens with zero attached hydrogens (tertiary/aromatic N) is 4. The van der Waals surface area contributed by atoms with Crippen LogP contribution in [0.3, 0.4) is 0 Å². The standard InChI is InChI=1S/C72H61N4O.Pt/c1-70(2,3)49-36-37-73-67(42-49)76-64-30-16-15-26-59(64)60-35-33-54(44-66(60)76)77-53-23-17-22-52(43-53)74-45-75-68-55(48-38-50(71(4,5)6)41-51(39-48)72(7,8)9)27-18-28-61(68)58-34-32-47(46-20-11-10-12-21-46)40-63(58)57-25-14-13-24-56(57)62-29-19-31-65(74)69(62)75;/h10-42,45H,1-9H3;/q-3;/i4D3,5D3,6D3;. The molecule has 13 rings (SSSR count). The van der Waals surface area contributed by atoms with Crippen LogP contribution in [0.5, 0.6) is 11.5 Å². The number of hydrogen-bond acceptors (Lipinski definition) is 3. The fourth-order valence-electron chi connectivity index (χ4n) is 11.2. The Balaban J connectivity index is 0.00000739. The Kier molecular flexibility index (Phi) is 10.1. The van der Waals surface area contributed by atoms with Crippen LogP contribution in [0.4, 0.5) is 11.4 Å². The third kappa shape index (κ3) is 8.79. The first-order chi connectivity index (χ1) is 40.8. The van der Waals surface area contributed by atoms with Gasteiger partial charge in [0.2, 0.25) is 0 Å². The van der Waals surface area contributed by atoms with E-state index in [9.17, 15) is 0 Å². The number of anilines is 2. The van der Waals surface area contributed by atoms with E-state index in [0.29, 0.717) is 39.4 Å². The topological polar surface area (TPSA) is 35.2 Å². The van der Waals surface area contributed by atoms with Crippen LogP contribution in [0.1, 0.15) is 91.1 Å².